The number of benzene rings is 1. The van der Waals surface area contributed by atoms with Crippen molar-refractivity contribution in [3.8, 4) is 0 Å². The summed E-state index contributed by atoms with van der Waals surface area (Å²) in [5.41, 5.74) is 0.628. The van der Waals surface area contributed by atoms with Crippen LogP contribution < -0.4 is 5.32 Å². The lowest BCUT2D eigenvalue weighted by atomic mass is 10.00. The molecule has 1 heterocycles. The molecule has 1 atom stereocenters. The highest BCUT2D eigenvalue weighted by Crippen LogP contribution is 2.20. The third kappa shape index (κ3) is 3.60. The van der Waals surface area contributed by atoms with Crippen LogP contribution in [-0.2, 0) is 9.59 Å². The number of amides is 2. The predicted octanol–water partition coefficient (Wildman–Crippen LogP) is 3.18. The Hall–Kier alpha value is -1.36. The summed E-state index contributed by atoms with van der Waals surface area (Å²) in [6, 6.07) is 7.43. The highest BCUT2D eigenvalue weighted by Gasteiger charge is 2.29. The highest BCUT2D eigenvalue weighted by atomic mass is 79.9. The van der Waals surface area contributed by atoms with Crippen LogP contribution in [0.1, 0.15) is 32.6 Å². The molecule has 1 aliphatic rings. The van der Waals surface area contributed by atoms with Crippen LogP contribution in [0.15, 0.2) is 28.7 Å². The fourth-order valence-electron chi connectivity index (χ4n) is 2.57. The molecule has 2 rings (SSSR count). The second-order valence-electron chi connectivity index (χ2n) is 5.02. The van der Waals surface area contributed by atoms with Gasteiger partial charge in [0, 0.05) is 22.7 Å². The molecule has 1 saturated heterocycles. The molecule has 1 aliphatic heterocycles. The van der Waals surface area contributed by atoms with Crippen molar-refractivity contribution in [1.82, 2.24) is 4.90 Å². The van der Waals surface area contributed by atoms with E-state index in [1.807, 2.05) is 12.1 Å². The molecule has 0 spiro atoms. The lowest BCUT2D eigenvalue weighted by Crippen LogP contribution is -2.48. The van der Waals surface area contributed by atoms with Gasteiger partial charge in [-0.2, -0.15) is 0 Å². The average molecular weight is 339 g/mol. The third-order valence-electron chi connectivity index (χ3n) is 3.64. The van der Waals surface area contributed by atoms with Crippen LogP contribution in [0.4, 0.5) is 5.69 Å². The van der Waals surface area contributed by atoms with E-state index in [-0.39, 0.29) is 6.04 Å². The van der Waals surface area contributed by atoms with E-state index in [9.17, 15) is 9.59 Å². The summed E-state index contributed by atoms with van der Waals surface area (Å²) in [6.07, 6.45) is 4.00. The van der Waals surface area contributed by atoms with Crippen molar-refractivity contribution < 1.29 is 9.59 Å². The van der Waals surface area contributed by atoms with Gasteiger partial charge in [-0.05, 0) is 43.9 Å². The van der Waals surface area contributed by atoms with Gasteiger partial charge in [-0.15, -0.1) is 0 Å². The summed E-state index contributed by atoms with van der Waals surface area (Å²) in [5, 5.41) is 2.66. The second-order valence-corrected chi connectivity index (χ2v) is 5.94. The van der Waals surface area contributed by atoms with Crippen LogP contribution in [0.5, 0.6) is 0 Å². The number of likely N-dealkylation sites (tertiary alicyclic amines) is 1. The van der Waals surface area contributed by atoms with Gasteiger partial charge >= 0.3 is 11.8 Å². The molecule has 1 aromatic carbocycles. The third-order valence-corrected chi connectivity index (χ3v) is 4.13. The molecular weight excluding hydrogens is 320 g/mol. The molecule has 0 bridgehead atoms. The van der Waals surface area contributed by atoms with Gasteiger partial charge in [-0.3, -0.25) is 9.59 Å². The molecule has 5 heteroatoms. The van der Waals surface area contributed by atoms with Crippen molar-refractivity contribution in [2.45, 2.75) is 38.6 Å². The van der Waals surface area contributed by atoms with Gasteiger partial charge in [-0.25, -0.2) is 0 Å². The van der Waals surface area contributed by atoms with E-state index in [1.165, 1.54) is 0 Å². The maximum atomic E-state index is 12.3. The summed E-state index contributed by atoms with van der Waals surface area (Å²) < 4.78 is 0.868. The Bertz CT molecular complexity index is 504. The molecule has 2 amide bonds. The van der Waals surface area contributed by atoms with Crippen molar-refractivity contribution in [1.29, 1.82) is 0 Å². The number of carbonyl (C=O) groups is 2. The Morgan fingerprint density at radius 2 is 2.20 bits per heavy atom. The molecule has 0 saturated carbocycles. The van der Waals surface area contributed by atoms with Gasteiger partial charge in [0.15, 0.2) is 0 Å². The number of anilines is 1. The summed E-state index contributed by atoms with van der Waals surface area (Å²) in [7, 11) is 0. The molecular formula is C15H19BrN2O2. The lowest BCUT2D eigenvalue weighted by molar-refractivity contribution is -0.145. The van der Waals surface area contributed by atoms with E-state index in [1.54, 1.807) is 17.0 Å². The number of carbonyl (C=O) groups excluding carboxylic acids is 2. The van der Waals surface area contributed by atoms with E-state index >= 15 is 0 Å². The summed E-state index contributed by atoms with van der Waals surface area (Å²) in [5.74, 6) is -0.972. The van der Waals surface area contributed by atoms with Gasteiger partial charge in [0.1, 0.15) is 0 Å². The number of halogens is 1. The SMILES string of the molecule is CCC1CCCCN1C(=O)C(=O)Nc1cccc(Br)c1. The highest BCUT2D eigenvalue weighted by molar-refractivity contribution is 9.10. The van der Waals surface area contributed by atoms with Gasteiger partial charge in [-0.1, -0.05) is 28.9 Å². The quantitative estimate of drug-likeness (QED) is 0.842. The molecule has 108 valence electrons. The maximum absolute atomic E-state index is 12.3. The lowest BCUT2D eigenvalue weighted by Gasteiger charge is -2.34. The number of nitrogens with zero attached hydrogens (tertiary/aromatic N) is 1. The number of piperidine rings is 1. The molecule has 4 nitrogen and oxygen atoms in total. The Labute approximate surface area is 127 Å². The Kier molecular flexibility index (Phi) is 5.17. The molecule has 1 unspecified atom stereocenters. The van der Waals surface area contributed by atoms with E-state index < -0.39 is 11.8 Å². The van der Waals surface area contributed by atoms with Crippen molar-refractivity contribution in [3.63, 3.8) is 0 Å². The number of hydrogen-bond acceptors (Lipinski definition) is 2. The molecule has 1 N–H and O–H groups in total. The average Bonchev–Trinajstić information content (AvgIpc) is 2.46. The molecule has 20 heavy (non-hydrogen) atoms. The zero-order valence-corrected chi connectivity index (χ0v) is 13.1. The van der Waals surface area contributed by atoms with Crippen LogP contribution in [-0.4, -0.2) is 29.3 Å². The largest absolute Gasteiger partial charge is 0.331 e. The first kappa shape index (κ1) is 15.0. The van der Waals surface area contributed by atoms with E-state index in [0.717, 1.165) is 30.2 Å². The number of hydrogen-bond donors (Lipinski definition) is 1. The number of rotatable bonds is 2. The Morgan fingerprint density at radius 3 is 2.90 bits per heavy atom. The summed E-state index contributed by atoms with van der Waals surface area (Å²) in [4.78, 5) is 26.0. The van der Waals surface area contributed by atoms with E-state index in [4.69, 9.17) is 0 Å². The molecule has 1 fully saturated rings. The normalized spacial score (nSPS) is 18.7. The van der Waals surface area contributed by atoms with E-state index in [2.05, 4.69) is 28.2 Å². The van der Waals surface area contributed by atoms with E-state index in [0.29, 0.717) is 12.2 Å². The van der Waals surface area contributed by atoms with Crippen LogP contribution >= 0.6 is 15.9 Å². The van der Waals surface area contributed by atoms with Gasteiger partial charge in [0.2, 0.25) is 0 Å². The fraction of sp³-hybridized carbons (Fsp3) is 0.467. The Balaban J connectivity index is 2.02. The first-order chi connectivity index (χ1) is 9.61. The van der Waals surface area contributed by atoms with Crippen LogP contribution in [0.3, 0.4) is 0 Å². The Morgan fingerprint density at radius 1 is 1.40 bits per heavy atom. The minimum atomic E-state index is -0.552. The van der Waals surface area contributed by atoms with Gasteiger partial charge in [0.25, 0.3) is 0 Å². The molecule has 0 aliphatic carbocycles. The van der Waals surface area contributed by atoms with Crippen molar-refractivity contribution in [3.05, 3.63) is 28.7 Å². The van der Waals surface area contributed by atoms with Crippen LogP contribution in [0, 0.1) is 0 Å². The van der Waals surface area contributed by atoms with Gasteiger partial charge in [0.05, 0.1) is 0 Å². The minimum absolute atomic E-state index is 0.199. The zero-order chi connectivity index (χ0) is 14.5. The standard InChI is InChI=1S/C15H19BrN2O2/c1-2-13-8-3-4-9-18(13)15(20)14(19)17-12-7-5-6-11(16)10-12/h5-7,10,13H,2-4,8-9H2,1H3,(H,17,19). The second kappa shape index (κ2) is 6.88. The van der Waals surface area contributed by atoms with Crippen LogP contribution in [0.25, 0.3) is 0 Å². The van der Waals surface area contributed by atoms with Gasteiger partial charge < -0.3 is 10.2 Å². The van der Waals surface area contributed by atoms with Crippen molar-refractivity contribution in [2.75, 3.05) is 11.9 Å². The fourth-order valence-corrected chi connectivity index (χ4v) is 2.97. The summed E-state index contributed by atoms with van der Waals surface area (Å²) in [6.45, 7) is 2.74. The maximum Gasteiger partial charge on any atom is 0.313 e. The smallest absolute Gasteiger partial charge is 0.313 e. The van der Waals surface area contributed by atoms with Crippen LogP contribution in [0.2, 0.25) is 0 Å². The molecule has 1 aromatic rings. The molecule has 0 aromatic heterocycles. The predicted molar refractivity (Wildman–Crippen MR) is 82.4 cm³/mol. The number of nitrogens with one attached hydrogen (secondary N) is 1. The zero-order valence-electron chi connectivity index (χ0n) is 11.6. The topological polar surface area (TPSA) is 49.4 Å². The molecule has 0 radical (unpaired) electrons. The monoisotopic (exact) mass is 338 g/mol. The van der Waals surface area contributed by atoms with Crippen molar-refractivity contribution in [2.24, 2.45) is 0 Å². The minimum Gasteiger partial charge on any atom is -0.331 e. The first-order valence-corrected chi connectivity index (χ1v) is 7.78. The summed E-state index contributed by atoms with van der Waals surface area (Å²) >= 11 is 3.34. The van der Waals surface area contributed by atoms with Crippen molar-refractivity contribution >= 4 is 33.4 Å². The first-order valence-electron chi connectivity index (χ1n) is 6.99.